The van der Waals surface area contributed by atoms with Gasteiger partial charge in [0.15, 0.2) is 0 Å². The zero-order valence-corrected chi connectivity index (χ0v) is 12.8. The summed E-state index contributed by atoms with van der Waals surface area (Å²) in [5, 5.41) is 3.05. The molecule has 0 bridgehead atoms. The number of esters is 1. The number of hydrogen-bond donors (Lipinski definition) is 1. The fourth-order valence-electron chi connectivity index (χ4n) is 2.65. The Morgan fingerprint density at radius 1 is 1.42 bits per heavy atom. The zero-order valence-electron chi connectivity index (χ0n) is 12.8. The number of carbonyl (C=O) groups excluding carboxylic acids is 1. The summed E-state index contributed by atoms with van der Waals surface area (Å²) in [6, 6.07) is -0.203. The van der Waals surface area contributed by atoms with Crippen molar-refractivity contribution in [3.63, 3.8) is 0 Å². The van der Waals surface area contributed by atoms with Crippen molar-refractivity contribution in [1.82, 2.24) is 15.1 Å². The molecule has 0 aromatic heterocycles. The summed E-state index contributed by atoms with van der Waals surface area (Å²) in [4.78, 5) is 16.4. The van der Waals surface area contributed by atoms with Crippen molar-refractivity contribution in [2.24, 2.45) is 5.92 Å². The minimum Gasteiger partial charge on any atom is -0.465 e. The van der Waals surface area contributed by atoms with Crippen molar-refractivity contribution >= 4 is 5.97 Å². The van der Waals surface area contributed by atoms with Crippen LogP contribution in [-0.2, 0) is 9.53 Å². The number of nitrogens with one attached hydrogen (secondary N) is 1. The van der Waals surface area contributed by atoms with Crippen molar-refractivity contribution in [2.75, 3.05) is 53.9 Å². The first-order valence-corrected chi connectivity index (χ1v) is 7.27. The number of piperidine rings is 1. The third-order valence-electron chi connectivity index (χ3n) is 3.69. The molecule has 0 amide bonds. The molecule has 1 unspecified atom stereocenters. The van der Waals surface area contributed by atoms with Gasteiger partial charge in [0.05, 0.1) is 6.61 Å². The topological polar surface area (TPSA) is 44.8 Å². The first-order chi connectivity index (χ1) is 9.06. The lowest BCUT2D eigenvalue weighted by Gasteiger charge is -2.34. The molecule has 1 aliphatic rings. The molecule has 1 heterocycles. The number of likely N-dealkylation sites (N-methyl/N-ethyl adjacent to an activating group) is 1. The van der Waals surface area contributed by atoms with Gasteiger partial charge in [-0.2, -0.15) is 0 Å². The largest absolute Gasteiger partial charge is 0.465 e. The Kier molecular flexibility index (Phi) is 7.34. The maximum atomic E-state index is 11.7. The molecule has 112 valence electrons. The molecule has 5 heteroatoms. The van der Waals surface area contributed by atoms with Gasteiger partial charge in [0.2, 0.25) is 0 Å². The normalized spacial score (nSPS) is 19.6. The van der Waals surface area contributed by atoms with E-state index < -0.39 is 0 Å². The van der Waals surface area contributed by atoms with Crippen LogP contribution in [0.15, 0.2) is 0 Å². The van der Waals surface area contributed by atoms with Crippen LogP contribution in [0.3, 0.4) is 0 Å². The average molecular weight is 271 g/mol. The Balaban J connectivity index is 2.32. The van der Waals surface area contributed by atoms with Gasteiger partial charge in [-0.3, -0.25) is 4.79 Å². The quantitative estimate of drug-likeness (QED) is 0.680. The van der Waals surface area contributed by atoms with Crippen LogP contribution in [-0.4, -0.2) is 75.7 Å². The van der Waals surface area contributed by atoms with Gasteiger partial charge in [-0.05, 0) is 59.9 Å². The third kappa shape index (κ3) is 5.89. The van der Waals surface area contributed by atoms with E-state index in [0.29, 0.717) is 6.61 Å². The van der Waals surface area contributed by atoms with E-state index >= 15 is 0 Å². The van der Waals surface area contributed by atoms with Gasteiger partial charge in [-0.1, -0.05) is 0 Å². The fraction of sp³-hybridized carbons (Fsp3) is 0.929. The molecule has 1 N–H and O–H groups in total. The highest BCUT2D eigenvalue weighted by atomic mass is 16.5. The molecule has 19 heavy (non-hydrogen) atoms. The number of ether oxygens (including phenoxy) is 1. The highest BCUT2D eigenvalue weighted by molar-refractivity contribution is 5.76. The van der Waals surface area contributed by atoms with Crippen LogP contribution >= 0.6 is 0 Å². The van der Waals surface area contributed by atoms with Gasteiger partial charge in [-0.15, -0.1) is 0 Å². The smallest absolute Gasteiger partial charge is 0.324 e. The lowest BCUT2D eigenvalue weighted by atomic mass is 9.96. The number of hydrogen-bond acceptors (Lipinski definition) is 5. The van der Waals surface area contributed by atoms with Gasteiger partial charge in [-0.25, -0.2) is 0 Å². The molecule has 0 saturated carbocycles. The third-order valence-corrected chi connectivity index (χ3v) is 3.69. The molecular formula is C14H29N3O2. The molecule has 0 spiro atoms. The van der Waals surface area contributed by atoms with E-state index in [1.165, 1.54) is 19.4 Å². The average Bonchev–Trinajstić information content (AvgIpc) is 2.37. The summed E-state index contributed by atoms with van der Waals surface area (Å²) >= 11 is 0. The van der Waals surface area contributed by atoms with Crippen LogP contribution in [0.4, 0.5) is 0 Å². The number of rotatable bonds is 7. The lowest BCUT2D eigenvalue weighted by Crippen LogP contribution is -2.48. The van der Waals surface area contributed by atoms with Crippen molar-refractivity contribution in [3.05, 3.63) is 0 Å². The van der Waals surface area contributed by atoms with Crippen molar-refractivity contribution in [1.29, 1.82) is 0 Å². The standard InChI is InChI=1S/C14H29N3O2/c1-5-19-14(18)13(15-2)11-17-8-6-12(7-9-17)10-16(3)4/h12-13,15H,5-11H2,1-4H3. The van der Waals surface area contributed by atoms with E-state index in [2.05, 4.69) is 29.2 Å². The van der Waals surface area contributed by atoms with E-state index in [-0.39, 0.29) is 12.0 Å². The second-order valence-electron chi connectivity index (χ2n) is 5.60. The van der Waals surface area contributed by atoms with Crippen molar-refractivity contribution in [3.8, 4) is 0 Å². The molecular weight excluding hydrogens is 242 g/mol. The maximum absolute atomic E-state index is 11.7. The van der Waals surface area contributed by atoms with Crippen LogP contribution in [0.1, 0.15) is 19.8 Å². The predicted octanol–water partition coefficient (Wildman–Crippen LogP) is 0.411. The molecule has 1 fully saturated rings. The Hall–Kier alpha value is -0.650. The van der Waals surface area contributed by atoms with Crippen LogP contribution in [0, 0.1) is 5.92 Å². The number of likely N-dealkylation sites (tertiary alicyclic amines) is 1. The molecule has 1 aliphatic heterocycles. The maximum Gasteiger partial charge on any atom is 0.324 e. The highest BCUT2D eigenvalue weighted by Crippen LogP contribution is 2.17. The zero-order chi connectivity index (χ0) is 14.3. The van der Waals surface area contributed by atoms with Gasteiger partial charge < -0.3 is 19.9 Å². The van der Waals surface area contributed by atoms with Gasteiger partial charge in [0.1, 0.15) is 6.04 Å². The van der Waals surface area contributed by atoms with Gasteiger partial charge in [0.25, 0.3) is 0 Å². The monoisotopic (exact) mass is 271 g/mol. The summed E-state index contributed by atoms with van der Waals surface area (Å²) in [5.41, 5.74) is 0. The van der Waals surface area contributed by atoms with Crippen LogP contribution in [0.5, 0.6) is 0 Å². The SMILES string of the molecule is CCOC(=O)C(CN1CCC(CN(C)C)CC1)NC. The molecule has 1 atom stereocenters. The number of carbonyl (C=O) groups is 1. The Morgan fingerprint density at radius 3 is 2.53 bits per heavy atom. The van der Waals surface area contributed by atoms with E-state index in [0.717, 1.165) is 25.6 Å². The first-order valence-electron chi connectivity index (χ1n) is 7.27. The summed E-state index contributed by atoms with van der Waals surface area (Å²) in [6.07, 6.45) is 2.44. The Morgan fingerprint density at radius 2 is 2.05 bits per heavy atom. The van der Waals surface area contributed by atoms with E-state index in [9.17, 15) is 4.79 Å². The first kappa shape index (κ1) is 16.4. The second-order valence-corrected chi connectivity index (χ2v) is 5.60. The number of nitrogens with zero attached hydrogens (tertiary/aromatic N) is 2. The molecule has 0 aromatic carbocycles. The Bertz CT molecular complexity index is 263. The molecule has 0 radical (unpaired) electrons. The summed E-state index contributed by atoms with van der Waals surface area (Å²) in [5.74, 6) is 0.655. The van der Waals surface area contributed by atoms with Gasteiger partial charge in [0, 0.05) is 13.1 Å². The van der Waals surface area contributed by atoms with E-state index in [4.69, 9.17) is 4.74 Å². The van der Waals surface area contributed by atoms with Crippen molar-refractivity contribution in [2.45, 2.75) is 25.8 Å². The van der Waals surface area contributed by atoms with E-state index in [1.54, 1.807) is 0 Å². The van der Waals surface area contributed by atoms with Crippen LogP contribution < -0.4 is 5.32 Å². The van der Waals surface area contributed by atoms with Crippen LogP contribution in [0.2, 0.25) is 0 Å². The molecule has 1 rings (SSSR count). The minimum atomic E-state index is -0.203. The highest BCUT2D eigenvalue weighted by Gasteiger charge is 2.25. The van der Waals surface area contributed by atoms with Crippen LogP contribution in [0.25, 0.3) is 0 Å². The summed E-state index contributed by atoms with van der Waals surface area (Å²) in [6.45, 7) is 6.37. The predicted molar refractivity (Wildman–Crippen MR) is 77.2 cm³/mol. The fourth-order valence-corrected chi connectivity index (χ4v) is 2.65. The lowest BCUT2D eigenvalue weighted by molar-refractivity contribution is -0.146. The molecule has 0 aliphatic carbocycles. The van der Waals surface area contributed by atoms with Gasteiger partial charge >= 0.3 is 5.97 Å². The van der Waals surface area contributed by atoms with E-state index in [1.807, 2.05) is 14.0 Å². The molecule has 1 saturated heterocycles. The Labute approximate surface area is 117 Å². The molecule has 0 aromatic rings. The van der Waals surface area contributed by atoms with Crippen molar-refractivity contribution < 1.29 is 9.53 Å². The summed E-state index contributed by atoms with van der Waals surface area (Å²) in [7, 11) is 6.08. The summed E-state index contributed by atoms with van der Waals surface area (Å²) < 4.78 is 5.08. The second kappa shape index (κ2) is 8.51. The molecule has 5 nitrogen and oxygen atoms in total. The minimum absolute atomic E-state index is 0.139.